The molecule has 2 saturated carbocycles. The molecule has 0 aromatic heterocycles. The zero-order valence-corrected chi connectivity index (χ0v) is 10.2. The third-order valence-corrected chi connectivity index (χ3v) is 3.54. The maximum absolute atomic E-state index is 13.6. The van der Waals surface area contributed by atoms with Gasteiger partial charge in [0.05, 0.1) is 10.6 Å². The summed E-state index contributed by atoms with van der Waals surface area (Å²) in [6.07, 6.45) is 3.58. The first-order valence-electron chi connectivity index (χ1n) is 6.35. The van der Waals surface area contributed by atoms with Crippen LogP contribution in [0.1, 0.15) is 37.2 Å². The summed E-state index contributed by atoms with van der Waals surface area (Å²) in [5.74, 6) is -0.736. The second kappa shape index (κ2) is 4.29. The number of anilines is 1. The number of nitrogens with one attached hydrogen (secondary N) is 1. The van der Waals surface area contributed by atoms with Gasteiger partial charge in [-0.3, -0.25) is 14.9 Å². The fraction of sp³-hybridized carbons (Fsp3) is 0.462. The van der Waals surface area contributed by atoms with Crippen molar-refractivity contribution in [3.05, 3.63) is 33.6 Å². The van der Waals surface area contributed by atoms with Gasteiger partial charge in [-0.25, -0.2) is 0 Å². The summed E-state index contributed by atoms with van der Waals surface area (Å²) in [5.41, 5.74) is 0.486. The number of nitrogens with zero attached hydrogens (tertiary/aromatic N) is 1. The van der Waals surface area contributed by atoms with Crippen LogP contribution < -0.4 is 5.32 Å². The van der Waals surface area contributed by atoms with Gasteiger partial charge in [-0.05, 0) is 43.2 Å². The van der Waals surface area contributed by atoms with E-state index in [2.05, 4.69) is 5.32 Å². The Morgan fingerprint density at radius 3 is 2.53 bits per heavy atom. The number of amides is 1. The quantitative estimate of drug-likeness (QED) is 0.671. The highest BCUT2D eigenvalue weighted by Gasteiger charge is 2.33. The first-order valence-corrected chi connectivity index (χ1v) is 6.35. The van der Waals surface area contributed by atoms with E-state index in [9.17, 15) is 19.3 Å². The molecule has 1 aromatic rings. The highest BCUT2D eigenvalue weighted by molar-refractivity contribution is 5.95. The second-order valence-electron chi connectivity index (χ2n) is 5.19. The minimum absolute atomic E-state index is 0.0103. The lowest BCUT2D eigenvalue weighted by atomic mass is 10.1. The van der Waals surface area contributed by atoms with E-state index in [4.69, 9.17) is 0 Å². The standard InChI is InChI=1S/C13H13FN2O3/c14-10-5-9(7-1-2-7)11(6-12(10)16(18)19)15-13(17)8-3-4-8/h5-8H,1-4H2,(H,15,17). The van der Waals surface area contributed by atoms with Crippen LogP contribution in [0.3, 0.4) is 0 Å². The van der Waals surface area contributed by atoms with Crippen LogP contribution in [0, 0.1) is 21.8 Å². The van der Waals surface area contributed by atoms with Crippen LogP contribution in [-0.4, -0.2) is 10.8 Å². The van der Waals surface area contributed by atoms with Crippen molar-refractivity contribution in [2.75, 3.05) is 5.32 Å². The van der Waals surface area contributed by atoms with E-state index < -0.39 is 16.4 Å². The van der Waals surface area contributed by atoms with Gasteiger partial charge in [-0.1, -0.05) is 0 Å². The first-order chi connectivity index (χ1) is 9.06. The highest BCUT2D eigenvalue weighted by Crippen LogP contribution is 2.45. The van der Waals surface area contributed by atoms with Gasteiger partial charge in [0.2, 0.25) is 11.7 Å². The second-order valence-corrected chi connectivity index (χ2v) is 5.19. The number of carbonyl (C=O) groups is 1. The number of rotatable bonds is 4. The average molecular weight is 264 g/mol. The molecule has 2 aliphatic rings. The molecule has 6 heteroatoms. The van der Waals surface area contributed by atoms with Crippen LogP contribution in [0.15, 0.2) is 12.1 Å². The van der Waals surface area contributed by atoms with Crippen LogP contribution in [0.25, 0.3) is 0 Å². The molecule has 0 spiro atoms. The van der Waals surface area contributed by atoms with Crippen LogP contribution in [0.4, 0.5) is 15.8 Å². The summed E-state index contributed by atoms with van der Waals surface area (Å²) in [6.45, 7) is 0. The number of nitro groups is 1. The van der Waals surface area contributed by atoms with Crippen LogP contribution >= 0.6 is 0 Å². The van der Waals surface area contributed by atoms with Crippen molar-refractivity contribution in [3.63, 3.8) is 0 Å². The molecule has 0 bridgehead atoms. The van der Waals surface area contributed by atoms with Crippen LogP contribution in [0.2, 0.25) is 0 Å². The molecule has 2 fully saturated rings. The fourth-order valence-corrected chi connectivity index (χ4v) is 2.14. The Balaban J connectivity index is 1.95. The zero-order chi connectivity index (χ0) is 13.6. The number of halogens is 1. The Labute approximate surface area is 109 Å². The van der Waals surface area contributed by atoms with Gasteiger partial charge in [-0.15, -0.1) is 0 Å². The molecule has 2 aliphatic carbocycles. The molecular weight excluding hydrogens is 251 g/mol. The van der Waals surface area contributed by atoms with E-state index in [1.54, 1.807) is 0 Å². The monoisotopic (exact) mass is 264 g/mol. The molecule has 3 rings (SSSR count). The van der Waals surface area contributed by atoms with Crippen molar-refractivity contribution in [1.82, 2.24) is 0 Å². The van der Waals surface area contributed by atoms with E-state index >= 15 is 0 Å². The number of nitro benzene ring substituents is 1. The molecular formula is C13H13FN2O3. The third kappa shape index (κ3) is 2.43. The predicted octanol–water partition coefficient (Wildman–Crippen LogP) is 2.96. The Morgan fingerprint density at radius 2 is 2.00 bits per heavy atom. The van der Waals surface area contributed by atoms with Crippen LogP contribution in [-0.2, 0) is 4.79 Å². The molecule has 100 valence electrons. The molecule has 1 N–H and O–H groups in total. The first kappa shape index (κ1) is 12.1. The highest BCUT2D eigenvalue weighted by atomic mass is 19.1. The molecule has 0 saturated heterocycles. The van der Waals surface area contributed by atoms with Crippen molar-refractivity contribution in [1.29, 1.82) is 0 Å². The number of benzene rings is 1. The predicted molar refractivity (Wildman–Crippen MR) is 66.4 cm³/mol. The lowest BCUT2D eigenvalue weighted by molar-refractivity contribution is -0.387. The zero-order valence-electron chi connectivity index (χ0n) is 10.2. The van der Waals surface area contributed by atoms with Gasteiger partial charge in [0.1, 0.15) is 0 Å². The largest absolute Gasteiger partial charge is 0.325 e. The smallest absolute Gasteiger partial charge is 0.306 e. The summed E-state index contributed by atoms with van der Waals surface area (Å²) in [4.78, 5) is 21.8. The molecule has 1 amide bonds. The van der Waals surface area contributed by atoms with Crippen molar-refractivity contribution in [2.45, 2.75) is 31.6 Å². The molecule has 0 atom stereocenters. The average Bonchev–Trinajstić information content (AvgIpc) is 3.22. The normalized spacial score (nSPS) is 18.2. The topological polar surface area (TPSA) is 72.2 Å². The third-order valence-electron chi connectivity index (χ3n) is 3.54. The van der Waals surface area contributed by atoms with E-state index in [0.717, 1.165) is 31.7 Å². The molecule has 0 unspecified atom stereocenters. The Bertz CT molecular complexity index is 565. The number of carbonyl (C=O) groups excluding carboxylic acids is 1. The molecule has 0 aliphatic heterocycles. The van der Waals surface area contributed by atoms with Gasteiger partial charge in [0, 0.05) is 12.0 Å². The van der Waals surface area contributed by atoms with Gasteiger partial charge < -0.3 is 5.32 Å². The molecule has 5 nitrogen and oxygen atoms in total. The van der Waals surface area contributed by atoms with Crippen molar-refractivity contribution >= 4 is 17.3 Å². The summed E-state index contributed by atoms with van der Waals surface area (Å²) in [7, 11) is 0. The summed E-state index contributed by atoms with van der Waals surface area (Å²) >= 11 is 0. The van der Waals surface area contributed by atoms with Crippen molar-refractivity contribution in [3.8, 4) is 0 Å². The van der Waals surface area contributed by atoms with Crippen LogP contribution in [0.5, 0.6) is 0 Å². The Kier molecular flexibility index (Phi) is 2.73. The summed E-state index contributed by atoms with van der Waals surface area (Å²) < 4.78 is 13.6. The van der Waals surface area contributed by atoms with Gasteiger partial charge in [-0.2, -0.15) is 4.39 Å². The van der Waals surface area contributed by atoms with E-state index in [1.807, 2.05) is 0 Å². The summed E-state index contributed by atoms with van der Waals surface area (Å²) in [5, 5.41) is 13.5. The van der Waals surface area contributed by atoms with Crippen molar-refractivity contribution in [2.24, 2.45) is 5.92 Å². The number of hydrogen-bond donors (Lipinski definition) is 1. The van der Waals surface area contributed by atoms with E-state index in [1.165, 1.54) is 6.07 Å². The summed E-state index contributed by atoms with van der Waals surface area (Å²) in [6, 6.07) is 2.33. The fourth-order valence-electron chi connectivity index (χ4n) is 2.14. The van der Waals surface area contributed by atoms with E-state index in [-0.39, 0.29) is 17.7 Å². The lowest BCUT2D eigenvalue weighted by Gasteiger charge is -2.10. The molecule has 0 heterocycles. The van der Waals surface area contributed by atoms with E-state index in [0.29, 0.717) is 11.3 Å². The number of hydrogen-bond acceptors (Lipinski definition) is 3. The Morgan fingerprint density at radius 1 is 1.32 bits per heavy atom. The maximum Gasteiger partial charge on any atom is 0.306 e. The molecule has 0 radical (unpaired) electrons. The SMILES string of the molecule is O=C(Nc1cc([N+](=O)[O-])c(F)cc1C1CC1)C1CC1. The van der Waals surface area contributed by atoms with Gasteiger partial charge in [0.15, 0.2) is 0 Å². The Hall–Kier alpha value is -1.98. The lowest BCUT2D eigenvalue weighted by Crippen LogP contribution is -2.15. The molecule has 19 heavy (non-hydrogen) atoms. The maximum atomic E-state index is 13.6. The minimum atomic E-state index is -0.837. The minimum Gasteiger partial charge on any atom is -0.325 e. The van der Waals surface area contributed by atoms with Gasteiger partial charge >= 0.3 is 5.69 Å². The van der Waals surface area contributed by atoms with Gasteiger partial charge in [0.25, 0.3) is 0 Å². The molecule has 1 aromatic carbocycles. The van der Waals surface area contributed by atoms with Crippen molar-refractivity contribution < 1.29 is 14.1 Å².